The lowest BCUT2D eigenvalue weighted by Gasteiger charge is -2.16. The van der Waals surface area contributed by atoms with E-state index in [2.05, 4.69) is 34.7 Å². The Labute approximate surface area is 164 Å². The molecule has 0 saturated heterocycles. The van der Waals surface area contributed by atoms with Crippen molar-refractivity contribution >= 4 is 22.6 Å². The molecule has 0 N–H and O–H groups in total. The summed E-state index contributed by atoms with van der Waals surface area (Å²) in [4.78, 5) is 0. The number of rotatable bonds is 10. The van der Waals surface area contributed by atoms with Gasteiger partial charge in [-0.2, -0.15) is 0 Å². The highest BCUT2D eigenvalue weighted by atomic mass is 127. The molecule has 0 bridgehead atoms. The molecule has 0 radical (unpaired) electrons. The van der Waals surface area contributed by atoms with Crippen LogP contribution in [0.1, 0.15) is 24.0 Å². The third-order valence-electron chi connectivity index (χ3n) is 3.79. The molecule has 2 aromatic rings. The van der Waals surface area contributed by atoms with Crippen LogP contribution in [0.15, 0.2) is 54.6 Å². The minimum atomic E-state index is 0.478. The topological polar surface area (TPSA) is 27.7 Å². The summed E-state index contributed by atoms with van der Waals surface area (Å²) >= 11 is 2.39. The number of ether oxygens (including phenoxy) is 3. The second-order valence-corrected chi connectivity index (χ2v) is 6.67. The number of methoxy groups -OCH3 is 2. The van der Waals surface area contributed by atoms with Crippen molar-refractivity contribution in [1.82, 2.24) is 0 Å². The van der Waals surface area contributed by atoms with Crippen molar-refractivity contribution in [2.75, 3.05) is 18.6 Å². The first-order valence-electron chi connectivity index (χ1n) is 8.41. The number of alkyl halides is 1. The zero-order chi connectivity index (χ0) is 17.9. The summed E-state index contributed by atoms with van der Waals surface area (Å²) in [6.45, 7) is 0.478. The van der Waals surface area contributed by atoms with E-state index in [-0.39, 0.29) is 0 Å². The van der Waals surface area contributed by atoms with Crippen molar-refractivity contribution in [3.63, 3.8) is 0 Å². The molecule has 0 aliphatic carbocycles. The van der Waals surface area contributed by atoms with Crippen LogP contribution in [0.25, 0.3) is 0 Å². The van der Waals surface area contributed by atoms with Crippen molar-refractivity contribution in [3.05, 3.63) is 65.7 Å². The van der Waals surface area contributed by atoms with Gasteiger partial charge >= 0.3 is 0 Å². The summed E-state index contributed by atoms with van der Waals surface area (Å²) in [5, 5.41) is 0. The average Bonchev–Trinajstić information content (AvgIpc) is 2.66. The summed E-state index contributed by atoms with van der Waals surface area (Å²) in [6, 6.07) is 14.1. The van der Waals surface area contributed by atoms with Gasteiger partial charge in [-0.05, 0) is 42.5 Å². The first-order valence-corrected chi connectivity index (χ1v) is 9.93. The van der Waals surface area contributed by atoms with Crippen LogP contribution in [0.5, 0.6) is 17.2 Å². The molecule has 0 heterocycles. The standard InChI is InChI=1S/C21H25IO3/c1-23-19-14-18(12-6-3-4-9-13-22)15-20(24-2)21(19)25-16-17-10-7-5-8-11-17/h3-5,7-8,10-11,14-15H,6,9,12-13,16H2,1-2H3/b4-3+. The van der Waals surface area contributed by atoms with Gasteiger partial charge in [0.2, 0.25) is 5.75 Å². The molecule has 0 aliphatic rings. The third-order valence-corrected chi connectivity index (χ3v) is 4.41. The molecule has 0 aliphatic heterocycles. The van der Waals surface area contributed by atoms with Gasteiger partial charge in [0.05, 0.1) is 14.2 Å². The Morgan fingerprint density at radius 1 is 0.880 bits per heavy atom. The normalized spacial score (nSPS) is 10.8. The SMILES string of the molecule is COc1cc(CC/C=C/CCI)cc(OC)c1OCc1ccccc1. The molecule has 0 spiro atoms. The summed E-state index contributed by atoms with van der Waals surface area (Å²) in [5.74, 6) is 2.07. The van der Waals surface area contributed by atoms with Crippen LogP contribution < -0.4 is 14.2 Å². The van der Waals surface area contributed by atoms with Gasteiger partial charge in [-0.25, -0.2) is 0 Å². The number of halogens is 1. The molecular weight excluding hydrogens is 427 g/mol. The second-order valence-electron chi connectivity index (χ2n) is 5.59. The molecule has 3 nitrogen and oxygen atoms in total. The van der Waals surface area contributed by atoms with Gasteiger partial charge in [-0.3, -0.25) is 0 Å². The van der Waals surface area contributed by atoms with Crippen molar-refractivity contribution in [1.29, 1.82) is 0 Å². The smallest absolute Gasteiger partial charge is 0.203 e. The van der Waals surface area contributed by atoms with Crippen LogP contribution in [0.3, 0.4) is 0 Å². The highest BCUT2D eigenvalue weighted by Gasteiger charge is 2.14. The molecule has 0 unspecified atom stereocenters. The molecule has 134 valence electrons. The first kappa shape index (κ1) is 19.6. The van der Waals surface area contributed by atoms with E-state index in [0.717, 1.165) is 29.3 Å². The lowest BCUT2D eigenvalue weighted by atomic mass is 10.1. The van der Waals surface area contributed by atoms with E-state index in [1.165, 1.54) is 5.56 Å². The fourth-order valence-corrected chi connectivity index (χ4v) is 2.86. The fourth-order valence-electron chi connectivity index (χ4n) is 2.50. The molecule has 2 rings (SSSR count). The van der Waals surface area contributed by atoms with Crippen molar-refractivity contribution in [2.24, 2.45) is 0 Å². The summed E-state index contributed by atoms with van der Waals surface area (Å²) in [7, 11) is 3.32. The Morgan fingerprint density at radius 2 is 1.52 bits per heavy atom. The Balaban J connectivity index is 2.10. The Morgan fingerprint density at radius 3 is 2.12 bits per heavy atom. The van der Waals surface area contributed by atoms with Crippen LogP contribution in [-0.4, -0.2) is 18.6 Å². The molecule has 25 heavy (non-hydrogen) atoms. The van der Waals surface area contributed by atoms with E-state index in [4.69, 9.17) is 14.2 Å². The largest absolute Gasteiger partial charge is 0.493 e. The second kappa shape index (κ2) is 11.0. The highest BCUT2D eigenvalue weighted by molar-refractivity contribution is 14.1. The molecule has 0 saturated carbocycles. The number of allylic oxidation sites excluding steroid dienone is 2. The number of hydrogen-bond acceptors (Lipinski definition) is 3. The van der Waals surface area contributed by atoms with Gasteiger partial charge in [0.1, 0.15) is 6.61 Å². The van der Waals surface area contributed by atoms with E-state index in [9.17, 15) is 0 Å². The Kier molecular flexibility index (Phi) is 8.66. The summed E-state index contributed by atoms with van der Waals surface area (Å²) in [5.41, 5.74) is 2.29. The van der Waals surface area contributed by atoms with Gasteiger partial charge in [-0.1, -0.05) is 65.1 Å². The zero-order valence-corrected chi connectivity index (χ0v) is 17.0. The summed E-state index contributed by atoms with van der Waals surface area (Å²) in [6.07, 6.45) is 7.55. The van der Waals surface area contributed by atoms with Crippen LogP contribution in [0.4, 0.5) is 0 Å². The van der Waals surface area contributed by atoms with Gasteiger partial charge in [0, 0.05) is 4.43 Å². The van der Waals surface area contributed by atoms with Crippen molar-refractivity contribution in [3.8, 4) is 17.2 Å². The van der Waals surface area contributed by atoms with E-state index in [0.29, 0.717) is 23.9 Å². The predicted octanol–water partition coefficient (Wildman–Crippen LogP) is 5.60. The van der Waals surface area contributed by atoms with Crippen LogP contribution in [-0.2, 0) is 13.0 Å². The van der Waals surface area contributed by atoms with Crippen LogP contribution in [0.2, 0.25) is 0 Å². The Bertz CT molecular complexity index is 643. The number of benzene rings is 2. The monoisotopic (exact) mass is 452 g/mol. The van der Waals surface area contributed by atoms with Gasteiger partial charge < -0.3 is 14.2 Å². The van der Waals surface area contributed by atoms with Gasteiger partial charge in [0.25, 0.3) is 0 Å². The minimum absolute atomic E-state index is 0.478. The van der Waals surface area contributed by atoms with E-state index in [1.807, 2.05) is 42.5 Å². The Hall–Kier alpha value is -1.69. The maximum absolute atomic E-state index is 5.98. The van der Waals surface area contributed by atoms with E-state index >= 15 is 0 Å². The minimum Gasteiger partial charge on any atom is -0.493 e. The number of hydrogen-bond donors (Lipinski definition) is 0. The van der Waals surface area contributed by atoms with Crippen LogP contribution >= 0.6 is 22.6 Å². The predicted molar refractivity (Wildman–Crippen MR) is 111 cm³/mol. The van der Waals surface area contributed by atoms with Gasteiger partial charge in [0.15, 0.2) is 11.5 Å². The van der Waals surface area contributed by atoms with E-state index in [1.54, 1.807) is 14.2 Å². The lowest BCUT2D eigenvalue weighted by molar-refractivity contribution is 0.265. The maximum atomic E-state index is 5.98. The highest BCUT2D eigenvalue weighted by Crippen LogP contribution is 2.39. The number of aryl methyl sites for hydroxylation is 1. The average molecular weight is 452 g/mol. The molecule has 4 heteroatoms. The third kappa shape index (κ3) is 6.27. The fraction of sp³-hybridized carbons (Fsp3) is 0.333. The van der Waals surface area contributed by atoms with Crippen molar-refractivity contribution in [2.45, 2.75) is 25.9 Å². The molecule has 0 fully saturated rings. The molecular formula is C21H25IO3. The van der Waals surface area contributed by atoms with E-state index < -0.39 is 0 Å². The molecule has 0 aromatic heterocycles. The summed E-state index contributed by atoms with van der Waals surface area (Å²) < 4.78 is 18.2. The first-order chi connectivity index (χ1) is 12.3. The van der Waals surface area contributed by atoms with Crippen LogP contribution in [0, 0.1) is 0 Å². The molecule has 0 amide bonds. The lowest BCUT2D eigenvalue weighted by Crippen LogP contribution is -2.01. The quantitative estimate of drug-likeness (QED) is 0.267. The molecule has 2 aromatic carbocycles. The van der Waals surface area contributed by atoms with Gasteiger partial charge in [-0.15, -0.1) is 0 Å². The van der Waals surface area contributed by atoms with Crippen molar-refractivity contribution < 1.29 is 14.2 Å². The zero-order valence-electron chi connectivity index (χ0n) is 14.8. The molecule has 0 atom stereocenters. The maximum Gasteiger partial charge on any atom is 0.203 e.